The lowest BCUT2D eigenvalue weighted by molar-refractivity contribution is -0.122. The topological polar surface area (TPSA) is 107 Å². The smallest absolute Gasteiger partial charge is 0.228 e. The number of nitrogens with one attached hydrogen (secondary N) is 2. The fraction of sp³-hybridized carbons (Fsp3) is 0.594. The zero-order chi connectivity index (χ0) is 29.1. The Hall–Kier alpha value is -2.27. The predicted octanol–water partition coefficient (Wildman–Crippen LogP) is 3.57. The number of primary amides is 1. The largest absolute Gasteiger partial charge is 0.390 e. The van der Waals surface area contributed by atoms with Gasteiger partial charge in [-0.3, -0.25) is 9.69 Å². The Bertz CT molecular complexity index is 1310. The number of fused-ring (bicyclic) bond motifs is 1. The molecule has 224 valence electrons. The van der Waals surface area contributed by atoms with Gasteiger partial charge in [0.2, 0.25) is 5.91 Å². The molecule has 1 amide bonds. The van der Waals surface area contributed by atoms with Gasteiger partial charge in [0.25, 0.3) is 0 Å². The van der Waals surface area contributed by atoms with E-state index in [4.69, 9.17) is 10.5 Å². The van der Waals surface area contributed by atoms with Gasteiger partial charge in [-0.1, -0.05) is 17.2 Å². The number of hydrogen-bond donors (Lipinski definition) is 4. The Kier molecular flexibility index (Phi) is 9.53. The number of ether oxygens (including phenoxy) is 1. The molecule has 2 saturated heterocycles. The van der Waals surface area contributed by atoms with Crippen LogP contribution >= 0.6 is 11.3 Å². The van der Waals surface area contributed by atoms with Gasteiger partial charge in [0, 0.05) is 75.3 Å². The fourth-order valence-electron chi connectivity index (χ4n) is 6.12. The Labute approximate surface area is 248 Å². The average molecular weight is 582 g/mol. The van der Waals surface area contributed by atoms with Crippen LogP contribution in [0.3, 0.4) is 0 Å². The van der Waals surface area contributed by atoms with Gasteiger partial charge in [-0.05, 0) is 76.3 Å². The molecule has 8 nitrogen and oxygen atoms in total. The fourth-order valence-corrected chi connectivity index (χ4v) is 7.32. The second-order valence-corrected chi connectivity index (χ2v) is 13.6. The Morgan fingerprint density at radius 2 is 1.78 bits per heavy atom. The highest BCUT2D eigenvalue weighted by atomic mass is 32.1. The van der Waals surface area contributed by atoms with Crippen molar-refractivity contribution >= 4 is 27.5 Å². The lowest BCUT2D eigenvalue weighted by Crippen LogP contribution is -2.50. The van der Waals surface area contributed by atoms with Crippen LogP contribution in [0.5, 0.6) is 0 Å². The number of β-amino-alcohol motifs (C(OH)–C–C–N with tert-alkyl or cyclic N) is 1. The van der Waals surface area contributed by atoms with Gasteiger partial charge in [-0.15, -0.1) is 11.3 Å². The SMILES string of the molecule is Cc1cc(C)cc(-c2[nH]c3sc(C(C)(C)C(N)=O)cc3c2CCN2CCN(CC(O)CNC3CCOCC3)CC2)c1. The van der Waals surface area contributed by atoms with Crippen LogP contribution in [0.15, 0.2) is 24.3 Å². The molecule has 0 bridgehead atoms. The van der Waals surface area contributed by atoms with Gasteiger partial charge in [-0.25, -0.2) is 0 Å². The number of nitrogens with zero attached hydrogens (tertiary/aromatic N) is 2. The maximum atomic E-state index is 12.2. The molecular formula is C32H47N5O3S. The highest BCUT2D eigenvalue weighted by molar-refractivity contribution is 7.19. The number of hydrogen-bond acceptors (Lipinski definition) is 7. The van der Waals surface area contributed by atoms with Crippen molar-refractivity contribution in [2.75, 3.05) is 59.0 Å². The Balaban J connectivity index is 1.23. The van der Waals surface area contributed by atoms with Crippen molar-refractivity contribution in [2.45, 2.75) is 64.5 Å². The second kappa shape index (κ2) is 12.9. The number of nitrogens with two attached hydrogens (primary N) is 1. The zero-order valence-corrected chi connectivity index (χ0v) is 25.9. The molecule has 3 aromatic rings. The van der Waals surface area contributed by atoms with Gasteiger partial charge in [0.05, 0.1) is 17.2 Å². The first kappa shape index (κ1) is 30.2. The first-order valence-corrected chi connectivity index (χ1v) is 15.9. The third-order valence-corrected chi connectivity index (χ3v) is 10.2. The summed E-state index contributed by atoms with van der Waals surface area (Å²) in [6.45, 7) is 16.0. The third kappa shape index (κ3) is 7.21. The molecule has 1 atom stereocenters. The van der Waals surface area contributed by atoms with Crippen LogP contribution in [-0.2, 0) is 21.4 Å². The normalized spacial score (nSPS) is 18.8. The van der Waals surface area contributed by atoms with Crippen molar-refractivity contribution in [1.29, 1.82) is 0 Å². The number of aryl methyl sites for hydroxylation is 2. The summed E-state index contributed by atoms with van der Waals surface area (Å²) in [5.41, 5.74) is 11.3. The number of thiophene rings is 1. The van der Waals surface area contributed by atoms with E-state index in [0.29, 0.717) is 19.1 Å². The quantitative estimate of drug-likeness (QED) is 0.276. The maximum absolute atomic E-state index is 12.2. The van der Waals surface area contributed by atoms with Crippen molar-refractivity contribution in [3.63, 3.8) is 0 Å². The molecule has 0 spiro atoms. The Morgan fingerprint density at radius 3 is 2.44 bits per heavy atom. The number of aromatic nitrogens is 1. The van der Waals surface area contributed by atoms with Crippen LogP contribution in [0.1, 0.15) is 48.3 Å². The van der Waals surface area contributed by atoms with E-state index in [-0.39, 0.29) is 12.0 Å². The van der Waals surface area contributed by atoms with E-state index in [2.05, 4.69) is 58.2 Å². The zero-order valence-electron chi connectivity index (χ0n) is 25.1. The minimum Gasteiger partial charge on any atom is -0.390 e. The number of aliphatic hydroxyl groups is 1. The number of aromatic amines is 1. The molecule has 9 heteroatoms. The molecule has 41 heavy (non-hydrogen) atoms. The van der Waals surface area contributed by atoms with Crippen LogP contribution in [-0.4, -0.2) is 97.0 Å². The van der Waals surface area contributed by atoms with Crippen molar-refractivity contribution in [3.8, 4) is 11.3 Å². The average Bonchev–Trinajstić information content (AvgIpc) is 3.51. The molecule has 0 radical (unpaired) electrons. The lowest BCUT2D eigenvalue weighted by Gasteiger charge is -2.36. The van der Waals surface area contributed by atoms with E-state index < -0.39 is 5.41 Å². The van der Waals surface area contributed by atoms with E-state index in [0.717, 1.165) is 74.9 Å². The van der Waals surface area contributed by atoms with Gasteiger partial charge in [0.15, 0.2) is 0 Å². The molecule has 0 saturated carbocycles. The van der Waals surface area contributed by atoms with E-state index in [1.54, 1.807) is 11.3 Å². The van der Waals surface area contributed by atoms with Crippen LogP contribution in [0.4, 0.5) is 0 Å². The minimum absolute atomic E-state index is 0.306. The number of H-pyrrole nitrogens is 1. The van der Waals surface area contributed by atoms with Crippen molar-refractivity contribution in [3.05, 3.63) is 45.8 Å². The Morgan fingerprint density at radius 1 is 1.12 bits per heavy atom. The molecule has 1 aromatic carbocycles. The van der Waals surface area contributed by atoms with Crippen molar-refractivity contribution in [1.82, 2.24) is 20.1 Å². The number of carbonyl (C=O) groups is 1. The molecular weight excluding hydrogens is 534 g/mol. The number of amides is 1. The van der Waals surface area contributed by atoms with Crippen LogP contribution in [0, 0.1) is 13.8 Å². The van der Waals surface area contributed by atoms with Crippen LogP contribution < -0.4 is 11.1 Å². The third-order valence-electron chi connectivity index (χ3n) is 8.82. The lowest BCUT2D eigenvalue weighted by atomic mass is 9.90. The number of piperazine rings is 1. The molecule has 5 N–H and O–H groups in total. The molecule has 2 aromatic heterocycles. The molecule has 2 aliphatic heterocycles. The summed E-state index contributed by atoms with van der Waals surface area (Å²) in [7, 11) is 0. The van der Waals surface area contributed by atoms with E-state index in [1.807, 2.05) is 13.8 Å². The highest BCUT2D eigenvalue weighted by Crippen LogP contribution is 2.40. The van der Waals surface area contributed by atoms with Gasteiger partial charge in [0.1, 0.15) is 4.83 Å². The summed E-state index contributed by atoms with van der Waals surface area (Å²) in [5.74, 6) is -0.306. The molecule has 1 unspecified atom stereocenters. The number of rotatable bonds is 11. The number of benzene rings is 1. The molecule has 4 heterocycles. The minimum atomic E-state index is -0.705. The summed E-state index contributed by atoms with van der Waals surface area (Å²) < 4.78 is 5.43. The number of aliphatic hydroxyl groups excluding tert-OH is 1. The molecule has 5 rings (SSSR count). The van der Waals surface area contributed by atoms with Crippen LogP contribution in [0.2, 0.25) is 0 Å². The summed E-state index contributed by atoms with van der Waals surface area (Å²) in [6, 6.07) is 9.35. The monoisotopic (exact) mass is 581 g/mol. The van der Waals surface area contributed by atoms with Crippen LogP contribution in [0.25, 0.3) is 21.5 Å². The summed E-state index contributed by atoms with van der Waals surface area (Å²) in [5, 5.41) is 15.3. The van der Waals surface area contributed by atoms with Crippen molar-refractivity contribution in [2.24, 2.45) is 5.73 Å². The van der Waals surface area contributed by atoms with E-state index >= 15 is 0 Å². The molecule has 2 aliphatic rings. The molecule has 0 aliphatic carbocycles. The number of carbonyl (C=O) groups excluding carboxylic acids is 1. The van der Waals surface area contributed by atoms with E-state index in [9.17, 15) is 9.90 Å². The summed E-state index contributed by atoms with van der Waals surface area (Å²) >= 11 is 1.64. The predicted molar refractivity (Wildman–Crippen MR) is 168 cm³/mol. The van der Waals surface area contributed by atoms with Gasteiger partial charge >= 0.3 is 0 Å². The van der Waals surface area contributed by atoms with E-state index in [1.165, 1.54) is 33.3 Å². The maximum Gasteiger partial charge on any atom is 0.228 e. The second-order valence-electron chi connectivity index (χ2n) is 12.5. The van der Waals surface area contributed by atoms with Crippen molar-refractivity contribution < 1.29 is 14.6 Å². The summed E-state index contributed by atoms with van der Waals surface area (Å²) in [6.07, 6.45) is 2.63. The first-order chi connectivity index (χ1) is 19.6. The standard InChI is InChI=1S/C32H47N5O3S/c1-21-15-22(2)17-23(16-21)29-26(27-18-28(41-30(27)35-29)32(3,4)31(33)39)5-8-36-9-11-37(12-10-36)20-25(38)19-34-24-6-13-40-14-7-24/h15-18,24-25,34-35,38H,5-14,19-20H2,1-4H3,(H2,33,39). The summed E-state index contributed by atoms with van der Waals surface area (Å²) in [4.78, 5) is 22.9. The van der Waals surface area contributed by atoms with Gasteiger partial charge < -0.3 is 30.8 Å². The molecule has 2 fully saturated rings. The highest BCUT2D eigenvalue weighted by Gasteiger charge is 2.31. The first-order valence-electron chi connectivity index (χ1n) is 15.1. The van der Waals surface area contributed by atoms with Gasteiger partial charge in [-0.2, -0.15) is 0 Å².